The number of carbonyl (C=O) groups excluding carboxylic acids is 1. The fourth-order valence-electron chi connectivity index (χ4n) is 3.49. The van der Waals surface area contributed by atoms with Gasteiger partial charge in [0.1, 0.15) is 0 Å². The minimum Gasteiger partial charge on any atom is -0.338 e. The number of para-hydroxylation sites is 1. The molecule has 0 unspecified atom stereocenters. The summed E-state index contributed by atoms with van der Waals surface area (Å²) in [6.45, 7) is 0. The van der Waals surface area contributed by atoms with Crippen LogP contribution >= 0.6 is 23.1 Å². The van der Waals surface area contributed by atoms with Crippen LogP contribution in [0.2, 0.25) is 0 Å². The number of fused-ring (bicyclic) bond motifs is 1. The smallest absolute Gasteiger partial charge is 0.233 e. The van der Waals surface area contributed by atoms with Gasteiger partial charge in [-0.15, -0.1) is 10.2 Å². The lowest BCUT2D eigenvalue weighted by Gasteiger charge is -2.33. The molecule has 0 fully saturated rings. The predicted molar refractivity (Wildman–Crippen MR) is 115 cm³/mol. The largest absolute Gasteiger partial charge is 0.338 e. The summed E-state index contributed by atoms with van der Waals surface area (Å²) < 4.78 is 0.796. The van der Waals surface area contributed by atoms with Gasteiger partial charge in [-0.1, -0.05) is 65.6 Å². The first-order chi connectivity index (χ1) is 13.7. The van der Waals surface area contributed by atoms with Crippen LogP contribution in [0.4, 0.5) is 10.8 Å². The average molecular weight is 411 g/mol. The second-order valence-corrected chi connectivity index (χ2v) is 8.96. The molecule has 0 aliphatic heterocycles. The summed E-state index contributed by atoms with van der Waals surface area (Å²) in [6.07, 6.45) is 3.25. The fourth-order valence-corrected chi connectivity index (χ4v) is 5.19. The first-order valence-corrected chi connectivity index (χ1v) is 11.1. The second kappa shape index (κ2) is 8.75. The molecular formula is C21H22N4OS2. The zero-order valence-corrected chi connectivity index (χ0v) is 17.3. The Morgan fingerprint density at radius 2 is 1.96 bits per heavy atom. The number of amides is 1. The summed E-state index contributed by atoms with van der Waals surface area (Å²) in [5.74, 6) is 0.495. The molecule has 7 heteroatoms. The maximum atomic E-state index is 12.8. The number of nitrogens with zero attached hydrogens (tertiary/aromatic N) is 3. The lowest BCUT2D eigenvalue weighted by molar-refractivity contribution is -0.129. The number of nitrogens with one attached hydrogen (secondary N) is 1. The topological polar surface area (TPSA) is 58.1 Å². The fraction of sp³-hybridized carbons (Fsp3) is 0.286. The molecule has 0 saturated carbocycles. The number of aryl methyl sites for hydroxylation is 1. The van der Waals surface area contributed by atoms with Crippen LogP contribution in [-0.2, 0) is 11.2 Å². The molecule has 4 rings (SSSR count). The van der Waals surface area contributed by atoms with Gasteiger partial charge in [-0.3, -0.25) is 4.79 Å². The highest BCUT2D eigenvalue weighted by atomic mass is 32.2. The molecule has 144 valence electrons. The summed E-state index contributed by atoms with van der Waals surface area (Å²) >= 11 is 2.91. The number of rotatable bonds is 6. The Labute approximate surface area is 173 Å². The van der Waals surface area contributed by atoms with Crippen molar-refractivity contribution in [1.82, 2.24) is 15.1 Å². The van der Waals surface area contributed by atoms with Crippen molar-refractivity contribution in [2.45, 2.75) is 29.6 Å². The van der Waals surface area contributed by atoms with Crippen LogP contribution in [0.3, 0.4) is 0 Å². The lowest BCUT2D eigenvalue weighted by Crippen LogP contribution is -2.34. The lowest BCUT2D eigenvalue weighted by atomic mass is 9.87. The molecule has 2 aromatic carbocycles. The van der Waals surface area contributed by atoms with Gasteiger partial charge in [0.2, 0.25) is 11.0 Å². The molecule has 1 aliphatic carbocycles. The third-order valence-electron chi connectivity index (χ3n) is 4.95. The molecule has 1 N–H and O–H groups in total. The molecule has 1 amide bonds. The van der Waals surface area contributed by atoms with E-state index in [1.165, 1.54) is 34.2 Å². The van der Waals surface area contributed by atoms with Gasteiger partial charge in [-0.2, -0.15) is 0 Å². The number of anilines is 2. The molecule has 0 spiro atoms. The van der Waals surface area contributed by atoms with Crippen LogP contribution in [0.25, 0.3) is 0 Å². The Morgan fingerprint density at radius 3 is 2.82 bits per heavy atom. The highest BCUT2D eigenvalue weighted by molar-refractivity contribution is 8.01. The molecule has 0 radical (unpaired) electrons. The van der Waals surface area contributed by atoms with Gasteiger partial charge in [-0.25, -0.2) is 0 Å². The maximum Gasteiger partial charge on any atom is 0.233 e. The average Bonchev–Trinajstić information content (AvgIpc) is 3.19. The Morgan fingerprint density at radius 1 is 1.18 bits per heavy atom. The van der Waals surface area contributed by atoms with Crippen molar-refractivity contribution in [3.63, 3.8) is 0 Å². The molecule has 1 aliphatic rings. The molecule has 0 bridgehead atoms. The number of benzene rings is 2. The van der Waals surface area contributed by atoms with Gasteiger partial charge < -0.3 is 10.2 Å². The van der Waals surface area contributed by atoms with Crippen molar-refractivity contribution in [2.75, 3.05) is 18.1 Å². The third kappa shape index (κ3) is 4.36. The number of carbonyl (C=O) groups is 1. The van der Waals surface area contributed by atoms with E-state index in [9.17, 15) is 4.79 Å². The summed E-state index contributed by atoms with van der Waals surface area (Å²) in [5, 5.41) is 12.3. The monoisotopic (exact) mass is 410 g/mol. The minimum atomic E-state index is 0.125. The van der Waals surface area contributed by atoms with Gasteiger partial charge in [0, 0.05) is 12.7 Å². The zero-order valence-electron chi connectivity index (χ0n) is 15.7. The normalized spacial score (nSPS) is 15.7. The second-order valence-electron chi connectivity index (χ2n) is 6.76. The van der Waals surface area contributed by atoms with E-state index >= 15 is 0 Å². The molecule has 1 heterocycles. The van der Waals surface area contributed by atoms with Crippen LogP contribution in [0, 0.1) is 0 Å². The molecular weight excluding hydrogens is 388 g/mol. The summed E-state index contributed by atoms with van der Waals surface area (Å²) in [6, 6.07) is 18.5. The van der Waals surface area contributed by atoms with Crippen molar-refractivity contribution in [2.24, 2.45) is 0 Å². The molecule has 0 saturated heterocycles. The van der Waals surface area contributed by atoms with Gasteiger partial charge in [0.05, 0.1) is 11.8 Å². The van der Waals surface area contributed by atoms with Crippen molar-refractivity contribution in [3.8, 4) is 0 Å². The Hall–Kier alpha value is -2.38. The van der Waals surface area contributed by atoms with Crippen LogP contribution < -0.4 is 5.32 Å². The van der Waals surface area contributed by atoms with Crippen LogP contribution in [0.5, 0.6) is 0 Å². The summed E-state index contributed by atoms with van der Waals surface area (Å²) in [4.78, 5) is 14.7. The van der Waals surface area contributed by atoms with E-state index < -0.39 is 0 Å². The number of hydrogen-bond donors (Lipinski definition) is 1. The first kappa shape index (κ1) is 19.0. The van der Waals surface area contributed by atoms with E-state index in [4.69, 9.17) is 0 Å². The summed E-state index contributed by atoms with van der Waals surface area (Å²) in [7, 11) is 1.91. The van der Waals surface area contributed by atoms with Crippen molar-refractivity contribution in [1.29, 1.82) is 0 Å². The van der Waals surface area contributed by atoms with E-state index in [2.05, 4.69) is 39.8 Å². The summed E-state index contributed by atoms with van der Waals surface area (Å²) in [5.41, 5.74) is 3.63. The number of thioether (sulfide) groups is 1. The maximum absolute atomic E-state index is 12.8. The van der Waals surface area contributed by atoms with E-state index in [-0.39, 0.29) is 11.9 Å². The van der Waals surface area contributed by atoms with Crippen molar-refractivity contribution >= 4 is 39.8 Å². The van der Waals surface area contributed by atoms with Crippen LogP contribution in [0.15, 0.2) is 58.9 Å². The molecule has 28 heavy (non-hydrogen) atoms. The van der Waals surface area contributed by atoms with E-state index in [1.807, 2.05) is 42.3 Å². The van der Waals surface area contributed by atoms with E-state index in [0.29, 0.717) is 5.75 Å². The van der Waals surface area contributed by atoms with Crippen LogP contribution in [0.1, 0.15) is 30.0 Å². The Balaban J connectivity index is 1.35. The standard InChI is InChI=1S/C21H22N4OS2/c1-25(18-13-7-9-15-8-5-6-12-17(15)18)19(26)14-27-21-24-23-20(28-21)22-16-10-3-2-4-11-16/h2-6,8,10-12,18H,7,9,13-14H2,1H3,(H,22,23)/t18-/m0/s1. The van der Waals surface area contributed by atoms with E-state index in [0.717, 1.165) is 34.4 Å². The quantitative estimate of drug-likeness (QED) is 0.585. The van der Waals surface area contributed by atoms with Gasteiger partial charge >= 0.3 is 0 Å². The molecule has 1 atom stereocenters. The number of hydrogen-bond acceptors (Lipinski definition) is 6. The van der Waals surface area contributed by atoms with E-state index in [1.54, 1.807) is 0 Å². The highest BCUT2D eigenvalue weighted by Crippen LogP contribution is 2.34. The zero-order chi connectivity index (χ0) is 19.3. The third-order valence-corrected chi connectivity index (χ3v) is 6.91. The molecule has 5 nitrogen and oxygen atoms in total. The molecule has 1 aromatic heterocycles. The van der Waals surface area contributed by atoms with Gasteiger partial charge in [0.15, 0.2) is 4.34 Å². The Bertz CT molecular complexity index is 944. The van der Waals surface area contributed by atoms with Crippen LogP contribution in [-0.4, -0.2) is 33.8 Å². The van der Waals surface area contributed by atoms with Crippen molar-refractivity contribution < 1.29 is 4.79 Å². The van der Waals surface area contributed by atoms with Gasteiger partial charge in [-0.05, 0) is 42.5 Å². The SMILES string of the molecule is CN(C(=O)CSc1nnc(Nc2ccccc2)s1)[C@H]1CCCc2ccccc21. The van der Waals surface area contributed by atoms with Gasteiger partial charge in [0.25, 0.3) is 0 Å². The van der Waals surface area contributed by atoms with Crippen molar-refractivity contribution in [3.05, 3.63) is 65.7 Å². The highest BCUT2D eigenvalue weighted by Gasteiger charge is 2.26. The number of aromatic nitrogens is 2. The molecule has 3 aromatic rings. The predicted octanol–water partition coefficient (Wildman–Crippen LogP) is 4.91. The Kier molecular flexibility index (Phi) is 5.92. The minimum absolute atomic E-state index is 0.125. The first-order valence-electron chi connectivity index (χ1n) is 9.32.